The van der Waals surface area contributed by atoms with E-state index in [1.807, 2.05) is 0 Å². The standard InChI is InChI=1S/C11H8BrF2N3O2S/c12-6-2-1-5-16-11(6)17-20(18,19)8-4-3-7(13)10(15)9(8)14/h1-5H,15H2,(H,16,17). The molecule has 5 nitrogen and oxygen atoms in total. The lowest BCUT2D eigenvalue weighted by molar-refractivity contribution is 0.557. The van der Waals surface area contributed by atoms with Crippen LogP contribution in [-0.4, -0.2) is 13.4 Å². The Balaban J connectivity index is 2.47. The summed E-state index contributed by atoms with van der Waals surface area (Å²) in [4.78, 5) is 3.04. The fourth-order valence-electron chi connectivity index (χ4n) is 1.40. The predicted molar refractivity (Wildman–Crippen MR) is 73.5 cm³/mol. The van der Waals surface area contributed by atoms with Crippen LogP contribution in [0.25, 0.3) is 0 Å². The molecule has 0 aliphatic carbocycles. The maximum Gasteiger partial charge on any atom is 0.266 e. The van der Waals surface area contributed by atoms with Gasteiger partial charge in [0.2, 0.25) is 0 Å². The van der Waals surface area contributed by atoms with Crippen molar-refractivity contribution in [3.05, 3.63) is 46.6 Å². The fourth-order valence-corrected chi connectivity index (χ4v) is 3.01. The van der Waals surface area contributed by atoms with Gasteiger partial charge in [-0.05, 0) is 40.2 Å². The zero-order valence-corrected chi connectivity index (χ0v) is 12.2. The quantitative estimate of drug-likeness (QED) is 0.820. The van der Waals surface area contributed by atoms with Crippen molar-refractivity contribution in [3.8, 4) is 0 Å². The third-order valence-corrected chi connectivity index (χ3v) is 4.37. The van der Waals surface area contributed by atoms with E-state index in [0.717, 1.165) is 12.1 Å². The highest BCUT2D eigenvalue weighted by atomic mass is 79.9. The van der Waals surface area contributed by atoms with Gasteiger partial charge in [0.05, 0.1) is 4.47 Å². The van der Waals surface area contributed by atoms with E-state index in [1.54, 1.807) is 12.1 Å². The summed E-state index contributed by atoms with van der Waals surface area (Å²) in [6.45, 7) is 0. The number of aromatic nitrogens is 1. The molecule has 0 spiro atoms. The monoisotopic (exact) mass is 363 g/mol. The van der Waals surface area contributed by atoms with E-state index in [9.17, 15) is 17.2 Å². The molecule has 9 heteroatoms. The second-order valence-electron chi connectivity index (χ2n) is 3.71. The van der Waals surface area contributed by atoms with Gasteiger partial charge < -0.3 is 5.73 Å². The van der Waals surface area contributed by atoms with Crippen LogP contribution in [0, 0.1) is 11.6 Å². The molecule has 20 heavy (non-hydrogen) atoms. The Bertz CT molecular complexity index is 768. The number of nitrogens with two attached hydrogens (primary N) is 1. The minimum Gasteiger partial charge on any atom is -0.394 e. The molecule has 0 fully saturated rings. The molecular formula is C11H8BrF2N3O2S. The number of anilines is 2. The number of rotatable bonds is 3. The fraction of sp³-hybridized carbons (Fsp3) is 0. The number of benzene rings is 1. The molecule has 2 rings (SSSR count). The van der Waals surface area contributed by atoms with E-state index in [2.05, 4.69) is 25.6 Å². The molecule has 2 aromatic rings. The van der Waals surface area contributed by atoms with Gasteiger partial charge in [-0.1, -0.05) is 0 Å². The lowest BCUT2D eigenvalue weighted by Crippen LogP contribution is -2.17. The highest BCUT2D eigenvalue weighted by Gasteiger charge is 2.23. The maximum absolute atomic E-state index is 13.7. The zero-order valence-electron chi connectivity index (χ0n) is 9.77. The summed E-state index contributed by atoms with van der Waals surface area (Å²) in [7, 11) is -4.27. The highest BCUT2D eigenvalue weighted by molar-refractivity contribution is 9.10. The van der Waals surface area contributed by atoms with Crippen molar-refractivity contribution in [2.45, 2.75) is 4.90 Å². The molecular weight excluding hydrogens is 356 g/mol. The van der Waals surface area contributed by atoms with E-state index in [-0.39, 0.29) is 5.82 Å². The molecule has 1 heterocycles. The summed E-state index contributed by atoms with van der Waals surface area (Å²) in [6, 6.07) is 4.71. The van der Waals surface area contributed by atoms with E-state index in [4.69, 9.17) is 5.73 Å². The lowest BCUT2D eigenvalue weighted by Gasteiger charge is -2.10. The molecule has 0 aliphatic rings. The Hall–Kier alpha value is -1.74. The summed E-state index contributed by atoms with van der Waals surface area (Å²) in [6.07, 6.45) is 1.36. The first-order valence-electron chi connectivity index (χ1n) is 5.20. The molecule has 0 atom stereocenters. The molecule has 0 aliphatic heterocycles. The summed E-state index contributed by atoms with van der Waals surface area (Å²) < 4.78 is 53.3. The second-order valence-corrected chi connectivity index (χ2v) is 6.22. The van der Waals surface area contributed by atoms with Crippen molar-refractivity contribution in [2.75, 3.05) is 10.5 Å². The second kappa shape index (κ2) is 5.33. The number of nitrogens with one attached hydrogen (secondary N) is 1. The molecule has 0 amide bonds. The average molecular weight is 364 g/mol. The van der Waals surface area contributed by atoms with Crippen LogP contribution in [0.1, 0.15) is 0 Å². The first kappa shape index (κ1) is 14.7. The Labute approximate surface area is 122 Å². The summed E-state index contributed by atoms with van der Waals surface area (Å²) in [5.74, 6) is -2.39. The van der Waals surface area contributed by atoms with Gasteiger partial charge in [0.15, 0.2) is 11.6 Å². The van der Waals surface area contributed by atoms with Gasteiger partial charge in [0, 0.05) is 6.20 Å². The zero-order chi connectivity index (χ0) is 14.9. The van der Waals surface area contributed by atoms with Gasteiger partial charge in [-0.3, -0.25) is 4.72 Å². The van der Waals surface area contributed by atoms with Crippen molar-refractivity contribution in [2.24, 2.45) is 0 Å². The SMILES string of the molecule is Nc1c(F)ccc(S(=O)(=O)Nc2ncccc2Br)c1F. The normalized spacial score (nSPS) is 11.3. The number of hydrogen-bond acceptors (Lipinski definition) is 4. The average Bonchev–Trinajstić information content (AvgIpc) is 2.38. The molecule has 1 aromatic carbocycles. The topological polar surface area (TPSA) is 85.1 Å². The number of sulfonamides is 1. The lowest BCUT2D eigenvalue weighted by atomic mass is 10.3. The Morgan fingerprint density at radius 3 is 2.60 bits per heavy atom. The van der Waals surface area contributed by atoms with Crippen molar-refractivity contribution >= 4 is 37.5 Å². The maximum atomic E-state index is 13.7. The molecule has 0 saturated carbocycles. The first-order valence-corrected chi connectivity index (χ1v) is 7.47. The molecule has 0 bridgehead atoms. The van der Waals surface area contributed by atoms with Crippen molar-refractivity contribution < 1.29 is 17.2 Å². The van der Waals surface area contributed by atoms with Crippen LogP contribution in [0.2, 0.25) is 0 Å². The minimum atomic E-state index is -4.27. The largest absolute Gasteiger partial charge is 0.394 e. The van der Waals surface area contributed by atoms with Gasteiger partial charge in [0.25, 0.3) is 10.0 Å². The molecule has 0 unspecified atom stereocenters. The van der Waals surface area contributed by atoms with Crippen LogP contribution in [0.4, 0.5) is 20.3 Å². The molecule has 3 N–H and O–H groups in total. The van der Waals surface area contributed by atoms with Crippen molar-refractivity contribution in [1.29, 1.82) is 0 Å². The Morgan fingerprint density at radius 1 is 1.25 bits per heavy atom. The molecule has 106 valence electrons. The van der Waals surface area contributed by atoms with E-state index < -0.39 is 32.2 Å². The summed E-state index contributed by atoms with van der Waals surface area (Å²) >= 11 is 3.10. The van der Waals surface area contributed by atoms with E-state index >= 15 is 0 Å². The van der Waals surface area contributed by atoms with Gasteiger partial charge >= 0.3 is 0 Å². The third kappa shape index (κ3) is 2.73. The highest BCUT2D eigenvalue weighted by Crippen LogP contribution is 2.26. The van der Waals surface area contributed by atoms with Crippen LogP contribution in [0.15, 0.2) is 39.8 Å². The van der Waals surface area contributed by atoms with Crippen molar-refractivity contribution in [3.63, 3.8) is 0 Å². The van der Waals surface area contributed by atoms with Crippen molar-refractivity contribution in [1.82, 2.24) is 4.98 Å². The number of nitrogens with zero attached hydrogens (tertiary/aromatic N) is 1. The molecule has 1 aromatic heterocycles. The minimum absolute atomic E-state index is 0.0187. The molecule has 0 radical (unpaired) electrons. The van der Waals surface area contributed by atoms with Crippen LogP contribution in [0.5, 0.6) is 0 Å². The van der Waals surface area contributed by atoms with Crippen LogP contribution < -0.4 is 10.5 Å². The van der Waals surface area contributed by atoms with Gasteiger partial charge in [0.1, 0.15) is 16.4 Å². The van der Waals surface area contributed by atoms with Gasteiger partial charge in [-0.25, -0.2) is 22.2 Å². The first-order chi connectivity index (χ1) is 9.33. The smallest absolute Gasteiger partial charge is 0.266 e. The number of halogens is 3. The Morgan fingerprint density at radius 2 is 1.95 bits per heavy atom. The van der Waals surface area contributed by atoms with Crippen LogP contribution >= 0.6 is 15.9 Å². The summed E-state index contributed by atoms with van der Waals surface area (Å²) in [5.41, 5.74) is 4.28. The predicted octanol–water partition coefficient (Wildman–Crippen LogP) is 2.51. The number of nitrogen functional groups attached to an aromatic ring is 1. The molecule has 0 saturated heterocycles. The van der Waals surface area contributed by atoms with Gasteiger partial charge in [-0.2, -0.15) is 0 Å². The Kier molecular flexibility index (Phi) is 3.91. The van der Waals surface area contributed by atoms with E-state index in [1.165, 1.54) is 6.20 Å². The van der Waals surface area contributed by atoms with E-state index in [0.29, 0.717) is 4.47 Å². The summed E-state index contributed by atoms with van der Waals surface area (Å²) in [5, 5.41) is 0. The third-order valence-electron chi connectivity index (χ3n) is 2.37. The van der Waals surface area contributed by atoms with Gasteiger partial charge in [-0.15, -0.1) is 0 Å². The number of pyridine rings is 1. The van der Waals surface area contributed by atoms with Crippen LogP contribution in [-0.2, 0) is 10.0 Å². The van der Waals surface area contributed by atoms with Crippen LogP contribution in [0.3, 0.4) is 0 Å². The number of hydrogen-bond donors (Lipinski definition) is 2.